The van der Waals surface area contributed by atoms with Gasteiger partial charge in [0.1, 0.15) is 5.82 Å². The van der Waals surface area contributed by atoms with E-state index in [1.54, 1.807) is 0 Å². The molecule has 2 saturated carbocycles. The molecule has 7 heteroatoms. The number of fused-ring (bicyclic) bond motifs is 1. The van der Waals surface area contributed by atoms with Crippen LogP contribution >= 0.6 is 24.8 Å². The van der Waals surface area contributed by atoms with Crippen molar-refractivity contribution in [3.05, 3.63) is 24.0 Å². The highest BCUT2D eigenvalue weighted by molar-refractivity contribution is 5.94. The molecular formula is C18H26Cl2N4O. The second-order valence-electron chi connectivity index (χ2n) is 7.00. The summed E-state index contributed by atoms with van der Waals surface area (Å²) in [5.41, 5.74) is 8.61. The third-order valence-corrected chi connectivity index (χ3v) is 5.56. The van der Waals surface area contributed by atoms with Crippen molar-refractivity contribution in [3.63, 3.8) is 0 Å². The Bertz CT molecular complexity index is 729. The molecule has 2 aliphatic carbocycles. The average Bonchev–Trinajstić information content (AvgIpc) is 3.10. The lowest BCUT2D eigenvalue weighted by Gasteiger charge is -2.22. The molecule has 0 radical (unpaired) electrons. The summed E-state index contributed by atoms with van der Waals surface area (Å²) < 4.78 is 0. The number of nitrogens with one attached hydrogen (secondary N) is 2. The van der Waals surface area contributed by atoms with Gasteiger partial charge in [0.05, 0.1) is 11.0 Å². The molecule has 138 valence electrons. The quantitative estimate of drug-likeness (QED) is 0.744. The van der Waals surface area contributed by atoms with Crippen LogP contribution in [0.15, 0.2) is 18.2 Å². The average molecular weight is 385 g/mol. The van der Waals surface area contributed by atoms with E-state index in [0.717, 1.165) is 41.8 Å². The van der Waals surface area contributed by atoms with Crippen LogP contribution in [0.25, 0.3) is 11.0 Å². The molecule has 4 N–H and O–H groups in total. The van der Waals surface area contributed by atoms with Crippen molar-refractivity contribution < 1.29 is 4.79 Å². The molecule has 2 fully saturated rings. The summed E-state index contributed by atoms with van der Waals surface area (Å²) in [4.78, 5) is 20.6. The first-order valence-electron chi connectivity index (χ1n) is 8.75. The van der Waals surface area contributed by atoms with Gasteiger partial charge in [0.2, 0.25) is 5.91 Å². The smallest absolute Gasteiger partial charge is 0.227 e. The van der Waals surface area contributed by atoms with E-state index in [1.807, 2.05) is 18.2 Å². The largest absolute Gasteiger partial charge is 0.342 e. The zero-order valence-electron chi connectivity index (χ0n) is 14.2. The number of H-pyrrole nitrogens is 1. The number of rotatable bonds is 4. The van der Waals surface area contributed by atoms with E-state index < -0.39 is 0 Å². The van der Waals surface area contributed by atoms with Crippen molar-refractivity contribution in [3.8, 4) is 0 Å². The molecule has 5 nitrogen and oxygen atoms in total. The van der Waals surface area contributed by atoms with Gasteiger partial charge in [-0.2, -0.15) is 0 Å². The Kier molecular flexibility index (Phi) is 6.72. The number of nitrogens with two attached hydrogens (primary N) is 1. The number of aromatic nitrogens is 2. The fourth-order valence-corrected chi connectivity index (χ4v) is 3.88. The van der Waals surface area contributed by atoms with Crippen LogP contribution in [0.3, 0.4) is 0 Å². The van der Waals surface area contributed by atoms with Crippen molar-refractivity contribution in [2.45, 2.75) is 44.4 Å². The van der Waals surface area contributed by atoms with E-state index in [-0.39, 0.29) is 36.6 Å². The van der Waals surface area contributed by atoms with E-state index >= 15 is 0 Å². The maximum atomic E-state index is 12.5. The summed E-state index contributed by atoms with van der Waals surface area (Å²) >= 11 is 0. The van der Waals surface area contributed by atoms with Crippen LogP contribution in [0.2, 0.25) is 0 Å². The van der Waals surface area contributed by atoms with Crippen molar-refractivity contribution >= 4 is 47.4 Å². The highest BCUT2D eigenvalue weighted by Gasteiger charge is 2.32. The molecule has 1 amide bonds. The second kappa shape index (κ2) is 8.39. The summed E-state index contributed by atoms with van der Waals surface area (Å²) in [5.74, 6) is 2.17. The lowest BCUT2D eigenvalue weighted by Crippen LogP contribution is -2.29. The Morgan fingerprint density at radius 1 is 1.20 bits per heavy atom. The molecule has 2 atom stereocenters. The number of aromatic amines is 1. The number of anilines is 1. The minimum Gasteiger partial charge on any atom is -0.342 e. The fourth-order valence-electron chi connectivity index (χ4n) is 3.88. The molecule has 1 aromatic carbocycles. The molecule has 25 heavy (non-hydrogen) atoms. The minimum absolute atomic E-state index is 0. The van der Waals surface area contributed by atoms with Crippen LogP contribution in [0.5, 0.6) is 0 Å². The molecule has 0 saturated heterocycles. The normalized spacial score (nSPS) is 22.8. The van der Waals surface area contributed by atoms with Gasteiger partial charge in [-0.15, -0.1) is 24.8 Å². The van der Waals surface area contributed by atoms with E-state index in [2.05, 4.69) is 15.3 Å². The van der Waals surface area contributed by atoms with Gasteiger partial charge in [-0.3, -0.25) is 4.79 Å². The molecule has 2 aliphatic rings. The van der Waals surface area contributed by atoms with Gasteiger partial charge in [0, 0.05) is 17.5 Å². The molecule has 0 bridgehead atoms. The number of amides is 1. The van der Waals surface area contributed by atoms with Gasteiger partial charge in [-0.05, 0) is 56.3 Å². The maximum absolute atomic E-state index is 12.5. The zero-order valence-corrected chi connectivity index (χ0v) is 15.8. The Hall–Kier alpha value is -1.30. The van der Waals surface area contributed by atoms with Crippen LogP contribution in [-0.2, 0) is 4.79 Å². The number of benzene rings is 1. The van der Waals surface area contributed by atoms with Crippen molar-refractivity contribution in [1.29, 1.82) is 0 Å². The SMILES string of the molecule is Cl.Cl.NC[C@H]1CCC[C@H]1C(=O)Nc1ccc2nc(C3CCC3)[nH]c2c1. The van der Waals surface area contributed by atoms with E-state index in [1.165, 1.54) is 19.3 Å². The first kappa shape index (κ1) is 20.0. The lowest BCUT2D eigenvalue weighted by molar-refractivity contribution is -0.120. The molecule has 0 spiro atoms. The number of imidazole rings is 1. The van der Waals surface area contributed by atoms with Gasteiger partial charge >= 0.3 is 0 Å². The van der Waals surface area contributed by atoms with Gasteiger partial charge in [-0.1, -0.05) is 12.8 Å². The first-order valence-corrected chi connectivity index (χ1v) is 8.75. The van der Waals surface area contributed by atoms with Crippen LogP contribution in [0.1, 0.15) is 50.3 Å². The molecule has 0 unspecified atom stereocenters. The lowest BCUT2D eigenvalue weighted by atomic mass is 9.85. The predicted octanol–water partition coefficient (Wildman–Crippen LogP) is 3.99. The van der Waals surface area contributed by atoms with Crippen LogP contribution in [0, 0.1) is 11.8 Å². The standard InChI is InChI=1S/C18H24N4O.2ClH/c19-10-12-5-2-6-14(12)18(23)20-13-7-8-15-16(9-13)22-17(21-15)11-3-1-4-11;;/h7-9,11-12,14H,1-6,10,19H2,(H,20,23)(H,21,22);2*1H/t12-,14-;;/m1../s1. The summed E-state index contributed by atoms with van der Waals surface area (Å²) in [6.45, 7) is 0.600. The Morgan fingerprint density at radius 3 is 2.64 bits per heavy atom. The van der Waals surface area contributed by atoms with Crippen molar-refractivity contribution in [1.82, 2.24) is 9.97 Å². The fraction of sp³-hybridized carbons (Fsp3) is 0.556. The Balaban J connectivity index is 0.00000113. The molecule has 1 heterocycles. The van der Waals surface area contributed by atoms with Gasteiger partial charge in [0.15, 0.2) is 0 Å². The molecule has 4 rings (SSSR count). The number of carbonyl (C=O) groups excluding carboxylic acids is 1. The number of hydrogen-bond acceptors (Lipinski definition) is 3. The molecule has 1 aromatic heterocycles. The zero-order chi connectivity index (χ0) is 15.8. The third-order valence-electron chi connectivity index (χ3n) is 5.56. The van der Waals surface area contributed by atoms with Crippen LogP contribution in [0.4, 0.5) is 5.69 Å². The Labute approximate surface area is 160 Å². The summed E-state index contributed by atoms with van der Waals surface area (Å²) in [6.07, 6.45) is 6.87. The Morgan fingerprint density at radius 2 is 1.96 bits per heavy atom. The van der Waals surface area contributed by atoms with Crippen LogP contribution < -0.4 is 11.1 Å². The van der Waals surface area contributed by atoms with Crippen LogP contribution in [-0.4, -0.2) is 22.4 Å². The second-order valence-corrected chi connectivity index (χ2v) is 7.00. The number of nitrogens with zero attached hydrogens (tertiary/aromatic N) is 1. The highest BCUT2D eigenvalue weighted by atomic mass is 35.5. The topological polar surface area (TPSA) is 83.8 Å². The molecular weight excluding hydrogens is 359 g/mol. The molecule has 2 aromatic rings. The first-order chi connectivity index (χ1) is 11.2. The highest BCUT2D eigenvalue weighted by Crippen LogP contribution is 2.36. The minimum atomic E-state index is 0. The summed E-state index contributed by atoms with van der Waals surface area (Å²) in [5, 5.41) is 3.06. The summed E-state index contributed by atoms with van der Waals surface area (Å²) in [7, 11) is 0. The van der Waals surface area contributed by atoms with E-state index in [0.29, 0.717) is 18.4 Å². The number of carbonyl (C=O) groups is 1. The van der Waals surface area contributed by atoms with Crippen molar-refractivity contribution in [2.75, 3.05) is 11.9 Å². The summed E-state index contributed by atoms with van der Waals surface area (Å²) in [6, 6.07) is 5.92. The number of halogens is 2. The van der Waals surface area contributed by atoms with Crippen molar-refractivity contribution in [2.24, 2.45) is 17.6 Å². The molecule has 0 aliphatic heterocycles. The third kappa shape index (κ3) is 3.94. The van der Waals surface area contributed by atoms with Gasteiger partial charge in [0.25, 0.3) is 0 Å². The predicted molar refractivity (Wildman–Crippen MR) is 106 cm³/mol. The van der Waals surface area contributed by atoms with E-state index in [9.17, 15) is 4.79 Å². The van der Waals surface area contributed by atoms with Gasteiger partial charge < -0.3 is 16.0 Å². The number of hydrogen-bond donors (Lipinski definition) is 3. The van der Waals surface area contributed by atoms with E-state index in [4.69, 9.17) is 5.73 Å². The maximum Gasteiger partial charge on any atom is 0.227 e. The van der Waals surface area contributed by atoms with Gasteiger partial charge in [-0.25, -0.2) is 4.98 Å². The monoisotopic (exact) mass is 384 g/mol.